The number of rotatable bonds is 8. The third-order valence-corrected chi connectivity index (χ3v) is 7.15. The van der Waals surface area contributed by atoms with Gasteiger partial charge in [-0.1, -0.05) is 50.8 Å². The average Bonchev–Trinajstić information content (AvgIpc) is 3.07. The molecule has 5 rings (SSSR count). The number of hydrogen-bond donors (Lipinski definition) is 2. The van der Waals surface area contributed by atoms with Crippen molar-refractivity contribution in [2.24, 2.45) is 5.41 Å². The maximum Gasteiger partial charge on any atom is 0.232 e. The Kier molecular flexibility index (Phi) is 7.92. The van der Waals surface area contributed by atoms with Crippen LogP contribution in [0, 0.1) is 11.2 Å². The van der Waals surface area contributed by atoms with E-state index < -0.39 is 11.9 Å². The second kappa shape index (κ2) is 11.6. The minimum absolute atomic E-state index is 0.0158. The Morgan fingerprint density at radius 3 is 2.76 bits per heavy atom. The highest BCUT2D eigenvalue weighted by Crippen LogP contribution is 2.50. The molecular weight excluding hydrogens is 523 g/mol. The Hall–Kier alpha value is -4.46. The Morgan fingerprint density at radius 1 is 1.20 bits per heavy atom. The molecule has 2 N–H and O–H groups in total. The Labute approximate surface area is 239 Å². The van der Waals surface area contributed by atoms with E-state index in [1.54, 1.807) is 36.4 Å². The Balaban J connectivity index is 1.69. The number of ether oxygens (including phenoxy) is 3. The van der Waals surface area contributed by atoms with Crippen LogP contribution in [0.2, 0.25) is 0 Å². The number of benzene rings is 3. The van der Waals surface area contributed by atoms with Gasteiger partial charge >= 0.3 is 0 Å². The summed E-state index contributed by atoms with van der Waals surface area (Å²) in [6, 6.07) is 16.0. The fraction of sp³-hybridized carbons (Fsp3) is 0.303. The first-order chi connectivity index (χ1) is 19.7. The molecule has 0 saturated carbocycles. The maximum atomic E-state index is 16.0. The summed E-state index contributed by atoms with van der Waals surface area (Å²) in [6.07, 6.45) is 2.14. The van der Waals surface area contributed by atoms with Crippen LogP contribution in [-0.4, -0.2) is 30.8 Å². The molecule has 2 heterocycles. The van der Waals surface area contributed by atoms with E-state index in [-0.39, 0.29) is 35.7 Å². The van der Waals surface area contributed by atoms with Crippen molar-refractivity contribution in [2.45, 2.75) is 39.7 Å². The van der Waals surface area contributed by atoms with E-state index in [2.05, 4.69) is 25.7 Å². The first-order valence-electron chi connectivity index (χ1n) is 13.7. The first kappa shape index (κ1) is 28.1. The molecule has 7 nitrogen and oxygen atoms in total. The van der Waals surface area contributed by atoms with E-state index in [1.807, 2.05) is 31.2 Å². The molecule has 1 unspecified atom stereocenters. The molecule has 2 aliphatic heterocycles. The summed E-state index contributed by atoms with van der Waals surface area (Å²) in [5.74, 6) is 0.496. The number of anilines is 2. The standard InChI is InChI=1S/C33H35FN2O5/c1-5-16-40-22-14-15-23(24(34)18-22)31-32-25(19-33(3,4)20-41-32)35-30-26(11-9-12-27(30)37)36(31)29(38)17-21-10-7-8-13-28(21)39-6-2/h5,7-15,18,31,35,37H,1,6,16-17,19-20H2,2-4H3. The molecule has 2 aliphatic rings. The van der Waals surface area contributed by atoms with Crippen LogP contribution in [-0.2, 0) is 16.0 Å². The number of carbonyl (C=O) groups excluding carboxylic acids is 1. The van der Waals surface area contributed by atoms with Crippen molar-refractivity contribution in [1.29, 1.82) is 0 Å². The molecular formula is C33H35FN2O5. The lowest BCUT2D eigenvalue weighted by molar-refractivity contribution is -0.118. The largest absolute Gasteiger partial charge is 0.506 e. The van der Waals surface area contributed by atoms with E-state index >= 15 is 4.39 Å². The summed E-state index contributed by atoms with van der Waals surface area (Å²) < 4.78 is 33.7. The van der Waals surface area contributed by atoms with Crippen LogP contribution >= 0.6 is 0 Å². The van der Waals surface area contributed by atoms with E-state index in [0.29, 0.717) is 59.5 Å². The van der Waals surface area contributed by atoms with Crippen molar-refractivity contribution in [2.75, 3.05) is 30.0 Å². The zero-order chi connectivity index (χ0) is 29.1. The molecule has 3 aromatic carbocycles. The number of phenolic OH excluding ortho intramolecular Hbond substituents is 1. The second-order valence-corrected chi connectivity index (χ2v) is 10.9. The number of amides is 1. The van der Waals surface area contributed by atoms with E-state index in [1.165, 1.54) is 11.0 Å². The van der Waals surface area contributed by atoms with Crippen LogP contribution in [0.15, 0.2) is 84.8 Å². The lowest BCUT2D eigenvalue weighted by Gasteiger charge is -2.38. The van der Waals surface area contributed by atoms with Gasteiger partial charge in [0.05, 0.1) is 31.0 Å². The molecule has 214 valence electrons. The van der Waals surface area contributed by atoms with Crippen molar-refractivity contribution in [3.63, 3.8) is 0 Å². The third kappa shape index (κ3) is 5.73. The molecule has 0 saturated heterocycles. The molecule has 0 radical (unpaired) electrons. The Morgan fingerprint density at radius 2 is 2.00 bits per heavy atom. The van der Waals surface area contributed by atoms with Gasteiger partial charge in [0.2, 0.25) is 5.91 Å². The molecule has 1 amide bonds. The molecule has 0 fully saturated rings. The predicted octanol–water partition coefficient (Wildman–Crippen LogP) is 6.90. The van der Waals surface area contributed by atoms with Crippen LogP contribution in [0.3, 0.4) is 0 Å². The highest BCUT2D eigenvalue weighted by molar-refractivity contribution is 6.01. The predicted molar refractivity (Wildman–Crippen MR) is 157 cm³/mol. The number of hydrogen-bond acceptors (Lipinski definition) is 6. The van der Waals surface area contributed by atoms with Crippen molar-refractivity contribution < 1.29 is 28.5 Å². The van der Waals surface area contributed by atoms with Crippen molar-refractivity contribution in [3.8, 4) is 17.2 Å². The number of aromatic hydroxyl groups is 1. The number of carbonyl (C=O) groups is 1. The molecule has 8 heteroatoms. The zero-order valence-electron chi connectivity index (χ0n) is 23.6. The van der Waals surface area contributed by atoms with Gasteiger partial charge in [-0.25, -0.2) is 4.39 Å². The van der Waals surface area contributed by atoms with Gasteiger partial charge in [0.1, 0.15) is 47.2 Å². The van der Waals surface area contributed by atoms with Crippen LogP contribution in [0.4, 0.5) is 15.8 Å². The third-order valence-electron chi connectivity index (χ3n) is 7.15. The summed E-state index contributed by atoms with van der Waals surface area (Å²) in [4.78, 5) is 15.9. The topological polar surface area (TPSA) is 80.3 Å². The highest BCUT2D eigenvalue weighted by atomic mass is 19.1. The van der Waals surface area contributed by atoms with Crippen molar-refractivity contribution in [1.82, 2.24) is 0 Å². The minimum Gasteiger partial charge on any atom is -0.506 e. The fourth-order valence-corrected chi connectivity index (χ4v) is 5.32. The van der Waals surface area contributed by atoms with Gasteiger partial charge in [0, 0.05) is 22.6 Å². The van der Waals surface area contributed by atoms with E-state index in [4.69, 9.17) is 14.2 Å². The number of nitrogens with zero attached hydrogens (tertiary/aromatic N) is 1. The minimum atomic E-state index is -0.947. The van der Waals surface area contributed by atoms with E-state index in [0.717, 1.165) is 0 Å². The van der Waals surface area contributed by atoms with Gasteiger partial charge in [-0.3, -0.25) is 9.69 Å². The molecule has 0 aliphatic carbocycles. The summed E-state index contributed by atoms with van der Waals surface area (Å²) >= 11 is 0. The number of phenols is 1. The normalized spacial score (nSPS) is 17.4. The number of allylic oxidation sites excluding steroid dienone is 1. The number of fused-ring (bicyclic) bond motifs is 1. The van der Waals surface area contributed by atoms with Gasteiger partial charge in [0.15, 0.2) is 0 Å². The van der Waals surface area contributed by atoms with Crippen molar-refractivity contribution in [3.05, 3.63) is 102 Å². The average molecular weight is 559 g/mol. The summed E-state index contributed by atoms with van der Waals surface area (Å²) in [7, 11) is 0. The summed E-state index contributed by atoms with van der Waals surface area (Å²) in [5, 5.41) is 14.3. The van der Waals surface area contributed by atoms with Gasteiger partial charge in [-0.05, 0) is 43.7 Å². The van der Waals surface area contributed by atoms with Crippen LogP contribution < -0.4 is 19.7 Å². The van der Waals surface area contributed by atoms with Crippen LogP contribution in [0.1, 0.15) is 44.4 Å². The summed E-state index contributed by atoms with van der Waals surface area (Å²) in [6.45, 7) is 10.7. The van der Waals surface area contributed by atoms with Gasteiger partial charge < -0.3 is 24.6 Å². The Bertz CT molecular complexity index is 1500. The van der Waals surface area contributed by atoms with Gasteiger partial charge in [-0.15, -0.1) is 0 Å². The second-order valence-electron chi connectivity index (χ2n) is 10.9. The lowest BCUT2D eigenvalue weighted by atomic mass is 9.85. The van der Waals surface area contributed by atoms with Gasteiger partial charge in [0.25, 0.3) is 0 Å². The number of nitrogens with one attached hydrogen (secondary N) is 1. The molecule has 3 aromatic rings. The van der Waals surface area contributed by atoms with E-state index in [9.17, 15) is 9.90 Å². The monoisotopic (exact) mass is 558 g/mol. The zero-order valence-corrected chi connectivity index (χ0v) is 23.6. The first-order valence-corrected chi connectivity index (χ1v) is 13.7. The molecule has 0 bridgehead atoms. The maximum absolute atomic E-state index is 16.0. The fourth-order valence-electron chi connectivity index (χ4n) is 5.32. The SMILES string of the molecule is C=CCOc1ccc(C2C3=C(CC(C)(C)CO3)Nc3c(O)cccc3N2C(=O)Cc2ccccc2OCC)c(F)c1. The van der Waals surface area contributed by atoms with Crippen LogP contribution in [0.25, 0.3) is 0 Å². The lowest BCUT2D eigenvalue weighted by Crippen LogP contribution is -2.39. The summed E-state index contributed by atoms with van der Waals surface area (Å²) in [5.41, 5.74) is 2.18. The molecule has 1 atom stereocenters. The van der Waals surface area contributed by atoms with Crippen molar-refractivity contribution >= 4 is 17.3 Å². The number of halogens is 1. The molecule has 0 spiro atoms. The highest BCUT2D eigenvalue weighted by Gasteiger charge is 2.42. The van der Waals surface area contributed by atoms with Crippen LogP contribution in [0.5, 0.6) is 17.2 Å². The molecule has 41 heavy (non-hydrogen) atoms. The smallest absolute Gasteiger partial charge is 0.232 e. The quantitative estimate of drug-likeness (QED) is 0.231. The number of para-hydroxylation sites is 2. The molecule has 0 aromatic heterocycles. The van der Waals surface area contributed by atoms with Gasteiger partial charge in [-0.2, -0.15) is 0 Å².